The lowest BCUT2D eigenvalue weighted by Gasteiger charge is -2.50. The van der Waals surface area contributed by atoms with Gasteiger partial charge in [-0.3, -0.25) is 14.9 Å². The monoisotopic (exact) mass is 641 g/mol. The van der Waals surface area contributed by atoms with E-state index in [1.54, 1.807) is 12.3 Å². The number of carbonyl (C=O) groups excluding carboxylic acids is 2. The number of halogens is 3. The van der Waals surface area contributed by atoms with Gasteiger partial charge in [-0.05, 0) is 74.5 Å². The van der Waals surface area contributed by atoms with E-state index in [0.717, 1.165) is 38.5 Å². The summed E-state index contributed by atoms with van der Waals surface area (Å²) in [7, 11) is 0. The molecule has 2 aliphatic carbocycles. The molecule has 5 heterocycles. The average molecular weight is 643 g/mol. The molecule has 0 radical (unpaired) electrons. The molecule has 3 N–H and O–H groups in total. The summed E-state index contributed by atoms with van der Waals surface area (Å²) < 4.78 is 21.5. The minimum Gasteiger partial charge on any atom is -0.428 e. The van der Waals surface area contributed by atoms with Gasteiger partial charge in [0.15, 0.2) is 11.0 Å². The maximum absolute atomic E-state index is 16.1. The van der Waals surface area contributed by atoms with Crippen LogP contribution in [0.1, 0.15) is 94.1 Å². The van der Waals surface area contributed by atoms with E-state index in [1.807, 2.05) is 0 Å². The van der Waals surface area contributed by atoms with Gasteiger partial charge >= 0.3 is 0 Å². The van der Waals surface area contributed by atoms with Crippen LogP contribution in [0.15, 0.2) is 35.3 Å². The van der Waals surface area contributed by atoms with Gasteiger partial charge in [-0.1, -0.05) is 37.0 Å². The van der Waals surface area contributed by atoms with E-state index in [0.29, 0.717) is 30.0 Å². The fraction of sp³-hybridized carbons (Fsp3) is 0.548. The Balaban J connectivity index is 1.31. The molecule has 4 aliphatic rings. The molecule has 2 saturated carbocycles. The first kappa shape index (κ1) is 29.6. The third kappa shape index (κ3) is 4.53. The Bertz CT molecular complexity index is 1600. The largest absolute Gasteiger partial charge is 0.428 e. The van der Waals surface area contributed by atoms with Gasteiger partial charge in [-0.15, -0.1) is 10.2 Å². The number of nitrogens with one attached hydrogen (secondary N) is 3. The molecular weight excluding hydrogens is 608 g/mol. The van der Waals surface area contributed by atoms with Crippen molar-refractivity contribution in [3.05, 3.63) is 64.1 Å². The molecule has 3 aromatic heterocycles. The SMILES string of the molecule is CC1(C)CCC2(CC1)N[C@@H](C(=O)NC1CCC(c3nnco3)CC1)[C@H](c1ccnc(Cl)c1F)[C@]21C(=O)Nc2cc(Cl)ncc21. The maximum atomic E-state index is 16.1. The molecule has 0 unspecified atom stereocenters. The minimum atomic E-state index is -1.36. The van der Waals surface area contributed by atoms with Gasteiger partial charge in [-0.2, -0.15) is 0 Å². The smallest absolute Gasteiger partial charge is 0.238 e. The van der Waals surface area contributed by atoms with Gasteiger partial charge < -0.3 is 15.1 Å². The average Bonchev–Trinajstić information content (AvgIpc) is 3.70. The number of hydrogen-bond acceptors (Lipinski definition) is 8. The van der Waals surface area contributed by atoms with Crippen molar-refractivity contribution < 1.29 is 18.4 Å². The number of amides is 2. The minimum absolute atomic E-state index is 0.0440. The second kappa shape index (κ2) is 10.7. The third-order valence-corrected chi connectivity index (χ3v) is 11.1. The summed E-state index contributed by atoms with van der Waals surface area (Å²) >= 11 is 12.5. The molecule has 2 aliphatic heterocycles. The molecule has 3 aromatic rings. The van der Waals surface area contributed by atoms with Gasteiger partial charge in [0, 0.05) is 47.1 Å². The zero-order valence-corrected chi connectivity index (χ0v) is 26.0. The van der Waals surface area contributed by atoms with Crippen molar-refractivity contribution in [3.8, 4) is 0 Å². The molecule has 44 heavy (non-hydrogen) atoms. The van der Waals surface area contributed by atoms with Crippen molar-refractivity contribution in [2.24, 2.45) is 5.41 Å². The van der Waals surface area contributed by atoms with Gasteiger partial charge in [0.05, 0.1) is 6.04 Å². The Kier molecular flexibility index (Phi) is 7.21. The van der Waals surface area contributed by atoms with Crippen LogP contribution in [0.2, 0.25) is 10.3 Å². The summed E-state index contributed by atoms with van der Waals surface area (Å²) in [4.78, 5) is 37.3. The molecule has 13 heteroatoms. The second-order valence-electron chi connectivity index (χ2n) is 13.5. The highest BCUT2D eigenvalue weighted by molar-refractivity contribution is 6.30. The maximum Gasteiger partial charge on any atom is 0.238 e. The molecular formula is C31H34Cl2FN7O3. The Hall–Kier alpha value is -3.15. The van der Waals surface area contributed by atoms with Crippen LogP contribution >= 0.6 is 23.2 Å². The Morgan fingerprint density at radius 1 is 1.11 bits per heavy atom. The van der Waals surface area contributed by atoms with Crippen molar-refractivity contribution in [2.45, 2.75) is 100 Å². The lowest BCUT2D eigenvalue weighted by molar-refractivity contribution is -0.125. The molecule has 1 saturated heterocycles. The van der Waals surface area contributed by atoms with Crippen molar-refractivity contribution in [1.29, 1.82) is 0 Å². The van der Waals surface area contributed by atoms with Crippen molar-refractivity contribution >= 4 is 40.7 Å². The molecule has 3 fully saturated rings. The summed E-state index contributed by atoms with van der Waals surface area (Å²) in [6, 6.07) is 2.11. The van der Waals surface area contributed by atoms with Crippen LogP contribution in [0.4, 0.5) is 10.1 Å². The van der Waals surface area contributed by atoms with E-state index < -0.39 is 28.7 Å². The zero-order chi connectivity index (χ0) is 30.9. The van der Waals surface area contributed by atoms with E-state index >= 15 is 4.39 Å². The van der Waals surface area contributed by atoms with Crippen LogP contribution in [0.3, 0.4) is 0 Å². The lowest BCUT2D eigenvalue weighted by atomic mass is 9.53. The summed E-state index contributed by atoms with van der Waals surface area (Å²) in [5.41, 5.74) is -0.893. The molecule has 0 bridgehead atoms. The van der Waals surface area contributed by atoms with Crippen LogP contribution < -0.4 is 16.0 Å². The van der Waals surface area contributed by atoms with Gasteiger partial charge in [0.2, 0.25) is 24.1 Å². The number of hydrogen-bond donors (Lipinski definition) is 3. The number of pyridine rings is 2. The summed E-state index contributed by atoms with van der Waals surface area (Å²) in [6.07, 6.45) is 10.2. The molecule has 232 valence electrons. The van der Waals surface area contributed by atoms with Crippen LogP contribution in [-0.4, -0.2) is 49.6 Å². The summed E-state index contributed by atoms with van der Waals surface area (Å²) in [5.74, 6) is -1.52. The van der Waals surface area contributed by atoms with E-state index in [4.69, 9.17) is 27.6 Å². The summed E-state index contributed by atoms with van der Waals surface area (Å²) in [5, 5.41) is 17.7. The predicted molar refractivity (Wildman–Crippen MR) is 161 cm³/mol. The van der Waals surface area contributed by atoms with Crippen LogP contribution in [0.25, 0.3) is 0 Å². The Labute approximate surface area is 264 Å². The third-order valence-electron chi connectivity index (χ3n) is 10.6. The predicted octanol–water partition coefficient (Wildman–Crippen LogP) is 5.43. The highest BCUT2D eigenvalue weighted by atomic mass is 35.5. The Morgan fingerprint density at radius 2 is 1.86 bits per heavy atom. The van der Waals surface area contributed by atoms with E-state index in [2.05, 4.69) is 50.0 Å². The number of rotatable bonds is 4. The van der Waals surface area contributed by atoms with Crippen molar-refractivity contribution in [2.75, 3.05) is 5.32 Å². The molecule has 7 rings (SSSR count). The number of nitrogens with zero attached hydrogens (tertiary/aromatic N) is 4. The topological polar surface area (TPSA) is 135 Å². The van der Waals surface area contributed by atoms with Crippen LogP contribution in [-0.2, 0) is 15.0 Å². The van der Waals surface area contributed by atoms with E-state index in [-0.39, 0.29) is 45.1 Å². The second-order valence-corrected chi connectivity index (χ2v) is 14.2. The van der Waals surface area contributed by atoms with Crippen LogP contribution in [0, 0.1) is 11.2 Å². The number of carbonyl (C=O) groups is 2. The zero-order valence-electron chi connectivity index (χ0n) is 24.5. The molecule has 3 atom stereocenters. The lowest BCUT2D eigenvalue weighted by Crippen LogP contribution is -2.61. The van der Waals surface area contributed by atoms with Gasteiger partial charge in [-0.25, -0.2) is 14.4 Å². The highest BCUT2D eigenvalue weighted by Gasteiger charge is 2.73. The molecule has 2 spiro atoms. The van der Waals surface area contributed by atoms with Gasteiger partial charge in [0.1, 0.15) is 10.6 Å². The molecule has 2 amide bonds. The highest BCUT2D eigenvalue weighted by Crippen LogP contribution is 2.63. The number of anilines is 1. The molecule has 0 aromatic carbocycles. The van der Waals surface area contributed by atoms with E-state index in [1.165, 1.54) is 18.7 Å². The number of fused-ring (bicyclic) bond motifs is 3. The molecule has 10 nitrogen and oxygen atoms in total. The van der Waals surface area contributed by atoms with Crippen LogP contribution in [0.5, 0.6) is 0 Å². The summed E-state index contributed by atoms with van der Waals surface area (Å²) in [6.45, 7) is 4.42. The first-order valence-corrected chi connectivity index (χ1v) is 15.9. The standard InChI is InChI=1S/C31H34Cl2FN7O3/c1-29(2)8-10-30(11-9-29)31(19-14-36-21(32)13-20(19)39-28(31)43)22(18-7-12-35-25(33)23(18)34)24(40-30)26(42)38-17-5-3-16(4-6-17)27-41-37-15-44-27/h7,12-17,22,24,40H,3-6,8-11H2,1-2H3,(H,38,42)(H,39,43)/t16?,17?,22-,24+,31+/m0/s1. The van der Waals surface area contributed by atoms with Crippen molar-refractivity contribution in [3.63, 3.8) is 0 Å². The quantitative estimate of drug-likeness (QED) is 0.321. The van der Waals surface area contributed by atoms with Crippen molar-refractivity contribution in [1.82, 2.24) is 30.8 Å². The number of aromatic nitrogens is 4. The van der Waals surface area contributed by atoms with Gasteiger partial charge in [0.25, 0.3) is 0 Å². The first-order chi connectivity index (χ1) is 21.0. The fourth-order valence-electron chi connectivity index (χ4n) is 8.35. The normalized spacial score (nSPS) is 30.3. The fourth-order valence-corrected chi connectivity index (χ4v) is 8.67. The first-order valence-electron chi connectivity index (χ1n) is 15.2. The van der Waals surface area contributed by atoms with E-state index in [9.17, 15) is 9.59 Å². The Morgan fingerprint density at radius 3 is 2.57 bits per heavy atom.